The van der Waals surface area contributed by atoms with Crippen molar-refractivity contribution in [3.8, 4) is 0 Å². The molecule has 3 rings (SSSR count). The van der Waals surface area contributed by atoms with Crippen molar-refractivity contribution in [3.05, 3.63) is 17.7 Å². The summed E-state index contributed by atoms with van der Waals surface area (Å²) in [4.78, 5) is 30.2. The third-order valence-corrected chi connectivity index (χ3v) is 4.30. The van der Waals surface area contributed by atoms with Crippen LogP contribution in [0.2, 0.25) is 0 Å². The number of carboxylic acid groups (broad SMARTS) is 1. The van der Waals surface area contributed by atoms with Gasteiger partial charge in [0.2, 0.25) is 5.91 Å². The Hall–Kier alpha value is -1.89. The van der Waals surface area contributed by atoms with Gasteiger partial charge in [0, 0.05) is 6.61 Å². The van der Waals surface area contributed by atoms with Crippen LogP contribution in [0, 0.1) is 0 Å². The summed E-state index contributed by atoms with van der Waals surface area (Å²) in [6, 6.07) is 0. The van der Waals surface area contributed by atoms with Crippen LogP contribution in [-0.2, 0) is 15.1 Å². The Balaban J connectivity index is 1.73. The fourth-order valence-corrected chi connectivity index (χ4v) is 2.89. The largest absolute Gasteiger partial charge is 0.477 e. The van der Waals surface area contributed by atoms with Crippen molar-refractivity contribution in [3.63, 3.8) is 0 Å². The number of hydrogen-bond donors (Lipinski definition) is 3. The molecular weight excluding hydrogens is 274 g/mol. The predicted octanol–water partition coefficient (Wildman–Crippen LogP) is 1.17. The summed E-state index contributed by atoms with van der Waals surface area (Å²) in [5.74, 6) is -0.650. The number of rotatable bonds is 4. The van der Waals surface area contributed by atoms with Gasteiger partial charge in [-0.1, -0.05) is 0 Å². The number of nitrogens with zero attached hydrogens (tertiary/aromatic N) is 1. The lowest BCUT2D eigenvalue weighted by Crippen LogP contribution is -2.55. The van der Waals surface area contributed by atoms with Gasteiger partial charge in [0.15, 0.2) is 0 Å². The number of nitrogens with one attached hydrogen (secondary N) is 2. The van der Waals surface area contributed by atoms with Gasteiger partial charge < -0.3 is 20.1 Å². The average molecular weight is 293 g/mol. The standard InChI is InChI=1S/C14H19N3O4/c18-11(10-4-1-2-7-21-10)17-14(5-3-6-14)13-15-8-9(16-13)12(19)20/h8,10H,1-7H2,(H,15,16)(H,17,18)(H,19,20). The first-order valence-electron chi connectivity index (χ1n) is 7.33. The number of aromatic amines is 1. The second-order valence-electron chi connectivity index (χ2n) is 5.73. The first-order chi connectivity index (χ1) is 10.1. The van der Waals surface area contributed by atoms with E-state index >= 15 is 0 Å². The number of carboxylic acids is 1. The Bertz CT molecular complexity index is 544. The van der Waals surface area contributed by atoms with E-state index in [2.05, 4.69) is 15.3 Å². The summed E-state index contributed by atoms with van der Waals surface area (Å²) in [5, 5.41) is 12.0. The molecule has 1 saturated heterocycles. The molecule has 2 aliphatic rings. The molecule has 114 valence electrons. The highest BCUT2D eigenvalue weighted by Gasteiger charge is 2.44. The number of ether oxygens (including phenoxy) is 1. The minimum Gasteiger partial charge on any atom is -0.477 e. The second kappa shape index (κ2) is 5.48. The highest BCUT2D eigenvalue weighted by Crippen LogP contribution is 2.40. The van der Waals surface area contributed by atoms with Gasteiger partial charge in [-0.05, 0) is 38.5 Å². The molecule has 0 bridgehead atoms. The highest BCUT2D eigenvalue weighted by molar-refractivity contribution is 5.85. The zero-order valence-corrected chi connectivity index (χ0v) is 11.7. The van der Waals surface area contributed by atoms with Crippen molar-refractivity contribution in [1.82, 2.24) is 15.3 Å². The molecule has 1 saturated carbocycles. The molecular formula is C14H19N3O4. The molecule has 1 unspecified atom stereocenters. The molecule has 1 aliphatic heterocycles. The van der Waals surface area contributed by atoms with Crippen molar-refractivity contribution in [2.75, 3.05) is 6.61 Å². The number of hydrogen-bond acceptors (Lipinski definition) is 4. The number of aromatic carboxylic acids is 1. The normalized spacial score (nSPS) is 24.1. The maximum Gasteiger partial charge on any atom is 0.353 e. The Labute approximate surface area is 122 Å². The van der Waals surface area contributed by atoms with Crippen LogP contribution in [0.4, 0.5) is 0 Å². The van der Waals surface area contributed by atoms with E-state index < -0.39 is 17.6 Å². The topological polar surface area (TPSA) is 104 Å². The molecule has 1 amide bonds. The average Bonchev–Trinajstić information content (AvgIpc) is 2.93. The lowest BCUT2D eigenvalue weighted by Gasteiger charge is -2.41. The molecule has 21 heavy (non-hydrogen) atoms. The first kappa shape index (κ1) is 14.1. The SMILES string of the molecule is O=C(O)c1cnc(C2(NC(=O)C3CCCCO3)CCC2)[nH]1. The zero-order valence-electron chi connectivity index (χ0n) is 11.7. The molecule has 2 heterocycles. The summed E-state index contributed by atoms with van der Waals surface area (Å²) in [5.41, 5.74) is -0.523. The second-order valence-corrected chi connectivity index (χ2v) is 5.73. The fraction of sp³-hybridized carbons (Fsp3) is 0.643. The molecule has 0 spiro atoms. The number of carbonyl (C=O) groups is 2. The van der Waals surface area contributed by atoms with E-state index in [1.54, 1.807) is 0 Å². The Morgan fingerprint density at radius 3 is 2.71 bits per heavy atom. The van der Waals surface area contributed by atoms with Crippen LogP contribution in [0.15, 0.2) is 6.20 Å². The predicted molar refractivity (Wildman–Crippen MR) is 72.8 cm³/mol. The minimum absolute atomic E-state index is 0.0411. The summed E-state index contributed by atoms with van der Waals surface area (Å²) >= 11 is 0. The van der Waals surface area contributed by atoms with Crippen LogP contribution in [0.25, 0.3) is 0 Å². The Kier molecular flexibility index (Phi) is 3.67. The summed E-state index contributed by atoms with van der Waals surface area (Å²) in [6.07, 6.45) is 6.13. The highest BCUT2D eigenvalue weighted by atomic mass is 16.5. The molecule has 1 aromatic rings. The fourth-order valence-electron chi connectivity index (χ4n) is 2.89. The molecule has 1 atom stereocenters. The number of amides is 1. The van der Waals surface area contributed by atoms with E-state index in [1.807, 2.05) is 0 Å². The smallest absolute Gasteiger partial charge is 0.353 e. The van der Waals surface area contributed by atoms with Crippen LogP contribution in [0.1, 0.15) is 54.8 Å². The summed E-state index contributed by atoms with van der Waals surface area (Å²) in [6.45, 7) is 0.620. The quantitative estimate of drug-likeness (QED) is 0.773. The maximum atomic E-state index is 12.3. The Morgan fingerprint density at radius 1 is 1.38 bits per heavy atom. The Morgan fingerprint density at radius 2 is 2.19 bits per heavy atom. The number of H-pyrrole nitrogens is 1. The molecule has 2 fully saturated rings. The van der Waals surface area contributed by atoms with Crippen LogP contribution in [-0.4, -0.2) is 39.7 Å². The van der Waals surface area contributed by atoms with Crippen molar-refractivity contribution in [2.45, 2.75) is 50.2 Å². The van der Waals surface area contributed by atoms with Gasteiger partial charge in [-0.25, -0.2) is 9.78 Å². The molecule has 0 aromatic carbocycles. The van der Waals surface area contributed by atoms with Crippen LogP contribution in [0.5, 0.6) is 0 Å². The number of imidazole rings is 1. The van der Waals surface area contributed by atoms with Crippen molar-refractivity contribution >= 4 is 11.9 Å². The molecule has 1 aromatic heterocycles. The molecule has 3 N–H and O–H groups in total. The van der Waals surface area contributed by atoms with Crippen molar-refractivity contribution in [2.24, 2.45) is 0 Å². The maximum absolute atomic E-state index is 12.3. The van der Waals surface area contributed by atoms with Crippen LogP contribution < -0.4 is 5.32 Å². The third kappa shape index (κ3) is 2.65. The third-order valence-electron chi connectivity index (χ3n) is 4.30. The number of aromatic nitrogens is 2. The minimum atomic E-state index is -1.05. The van der Waals surface area contributed by atoms with E-state index in [-0.39, 0.29) is 11.6 Å². The monoisotopic (exact) mass is 293 g/mol. The van der Waals surface area contributed by atoms with Gasteiger partial charge in [0.25, 0.3) is 0 Å². The van der Waals surface area contributed by atoms with E-state index in [0.717, 1.165) is 38.5 Å². The van der Waals surface area contributed by atoms with E-state index in [4.69, 9.17) is 9.84 Å². The molecule has 1 aliphatic carbocycles. The summed E-state index contributed by atoms with van der Waals surface area (Å²) < 4.78 is 5.50. The lowest BCUT2D eigenvalue weighted by atomic mass is 9.76. The van der Waals surface area contributed by atoms with Gasteiger partial charge in [0.1, 0.15) is 17.6 Å². The molecule has 7 heteroatoms. The van der Waals surface area contributed by atoms with E-state index in [9.17, 15) is 9.59 Å². The summed E-state index contributed by atoms with van der Waals surface area (Å²) in [7, 11) is 0. The van der Waals surface area contributed by atoms with E-state index in [0.29, 0.717) is 12.4 Å². The van der Waals surface area contributed by atoms with Gasteiger partial charge in [0.05, 0.1) is 11.7 Å². The van der Waals surface area contributed by atoms with Gasteiger partial charge in [-0.15, -0.1) is 0 Å². The number of carbonyl (C=O) groups excluding carboxylic acids is 1. The van der Waals surface area contributed by atoms with Gasteiger partial charge in [-0.3, -0.25) is 4.79 Å². The first-order valence-corrected chi connectivity index (χ1v) is 7.33. The van der Waals surface area contributed by atoms with Crippen LogP contribution >= 0.6 is 0 Å². The molecule has 0 radical (unpaired) electrons. The van der Waals surface area contributed by atoms with Crippen molar-refractivity contribution < 1.29 is 19.4 Å². The van der Waals surface area contributed by atoms with E-state index in [1.165, 1.54) is 6.20 Å². The lowest BCUT2D eigenvalue weighted by molar-refractivity contribution is -0.139. The zero-order chi connectivity index (χ0) is 14.9. The molecule has 7 nitrogen and oxygen atoms in total. The van der Waals surface area contributed by atoms with Gasteiger partial charge in [-0.2, -0.15) is 0 Å². The van der Waals surface area contributed by atoms with Crippen molar-refractivity contribution in [1.29, 1.82) is 0 Å². The van der Waals surface area contributed by atoms with Crippen LogP contribution in [0.3, 0.4) is 0 Å². The van der Waals surface area contributed by atoms with Gasteiger partial charge >= 0.3 is 5.97 Å².